The van der Waals surface area contributed by atoms with Gasteiger partial charge in [-0.15, -0.1) is 0 Å². The fourth-order valence-electron chi connectivity index (χ4n) is 18.7. The summed E-state index contributed by atoms with van der Waals surface area (Å²) in [5.41, 5.74) is 21.7. The molecule has 0 radical (unpaired) electrons. The number of nitrogens with zero attached hydrogens (tertiary/aromatic N) is 8. The minimum absolute atomic E-state index is 0.706. The number of aromatic nitrogens is 8. The summed E-state index contributed by atoms with van der Waals surface area (Å²) in [6.07, 6.45) is 0. The van der Waals surface area contributed by atoms with E-state index in [0.29, 0.717) is 11.6 Å². The highest BCUT2D eigenvalue weighted by Crippen LogP contribution is 2.47. The Kier molecular flexibility index (Phi) is 14.6. The zero-order valence-corrected chi connectivity index (χ0v) is 62.7. The smallest absolute Gasteiger partial charge is 0.160 e. The van der Waals surface area contributed by atoms with E-state index in [1.165, 1.54) is 125 Å². The maximum atomic E-state index is 5.26. The van der Waals surface area contributed by atoms with Gasteiger partial charge in [-0.2, -0.15) is 0 Å². The van der Waals surface area contributed by atoms with Crippen LogP contribution in [-0.4, -0.2) is 38.2 Å². The van der Waals surface area contributed by atoms with E-state index in [0.717, 1.165) is 94.7 Å². The van der Waals surface area contributed by atoms with Crippen LogP contribution in [0.3, 0.4) is 0 Å². The molecule has 25 aromatic rings. The maximum Gasteiger partial charge on any atom is 0.160 e. The Morgan fingerprint density at radius 3 is 0.983 bits per heavy atom. The molecule has 19 aromatic carbocycles. The van der Waals surface area contributed by atoms with E-state index in [1.807, 2.05) is 18.2 Å². The monoisotopic (exact) mass is 1470 g/mol. The molecule has 0 aliphatic heterocycles. The van der Waals surface area contributed by atoms with E-state index in [9.17, 15) is 0 Å². The zero-order chi connectivity index (χ0) is 76.1. The highest BCUT2D eigenvalue weighted by Gasteiger charge is 2.25. The number of fused-ring (bicyclic) bond motifs is 21. The van der Waals surface area contributed by atoms with E-state index >= 15 is 0 Å². The molecule has 0 fully saturated rings. The van der Waals surface area contributed by atoms with Crippen molar-refractivity contribution in [3.63, 3.8) is 0 Å². The first-order valence-electron chi connectivity index (χ1n) is 39.6. The highest BCUT2D eigenvalue weighted by molar-refractivity contribution is 6.26. The molecule has 116 heavy (non-hydrogen) atoms. The van der Waals surface area contributed by atoms with Crippen molar-refractivity contribution >= 4 is 163 Å². The summed E-state index contributed by atoms with van der Waals surface area (Å²) >= 11 is 0. The average Bonchev–Trinajstić information content (AvgIpc) is 1.56. The lowest BCUT2D eigenvalue weighted by molar-refractivity contribution is 1.17. The third kappa shape index (κ3) is 10.2. The van der Waals surface area contributed by atoms with E-state index in [2.05, 4.69) is 400 Å². The Morgan fingerprint density at radius 2 is 0.509 bits per heavy atom. The van der Waals surface area contributed by atoms with Gasteiger partial charge in [0.15, 0.2) is 11.6 Å². The molecule has 0 amide bonds. The van der Waals surface area contributed by atoms with Gasteiger partial charge in [-0.05, 0) is 193 Å². The second kappa shape index (κ2) is 26.0. The summed E-state index contributed by atoms with van der Waals surface area (Å²) in [4.78, 5) is 20.6. The normalized spacial score (nSPS) is 12.0. The van der Waals surface area contributed by atoms with Crippen molar-refractivity contribution in [1.29, 1.82) is 0 Å². The molecule has 6 aromatic heterocycles. The van der Waals surface area contributed by atoms with Crippen molar-refractivity contribution < 1.29 is 0 Å². The largest absolute Gasteiger partial charge is 0.309 e. The first-order valence-corrected chi connectivity index (χ1v) is 39.6. The minimum Gasteiger partial charge on any atom is -0.309 e. The van der Waals surface area contributed by atoms with Crippen LogP contribution in [-0.2, 0) is 0 Å². The lowest BCUT2D eigenvalue weighted by atomic mass is 10.0. The number of para-hydroxylation sites is 4. The van der Waals surface area contributed by atoms with E-state index in [-0.39, 0.29) is 0 Å². The fraction of sp³-hybridized carbons (Fsp3) is 0. The summed E-state index contributed by atoms with van der Waals surface area (Å²) in [6, 6.07) is 144. The van der Waals surface area contributed by atoms with Crippen LogP contribution in [0.1, 0.15) is 0 Å². The van der Waals surface area contributed by atoms with Crippen LogP contribution >= 0.6 is 0 Å². The fourth-order valence-corrected chi connectivity index (χ4v) is 18.7. The Hall–Kier alpha value is -15.6. The summed E-state index contributed by atoms with van der Waals surface area (Å²) < 4.78 is 9.80. The summed E-state index contributed by atoms with van der Waals surface area (Å²) in [6.45, 7) is 0. The molecular formula is C108H66N8. The highest BCUT2D eigenvalue weighted by atomic mass is 15.0. The molecule has 538 valence electrons. The van der Waals surface area contributed by atoms with Gasteiger partial charge in [-0.3, -0.25) is 0 Å². The van der Waals surface area contributed by atoms with Gasteiger partial charge in [0.05, 0.1) is 77.9 Å². The lowest BCUT2D eigenvalue weighted by Gasteiger charge is -2.13. The molecule has 0 spiro atoms. The van der Waals surface area contributed by atoms with Gasteiger partial charge in [0.25, 0.3) is 0 Å². The Morgan fingerprint density at radius 1 is 0.164 bits per heavy atom. The zero-order valence-electron chi connectivity index (χ0n) is 62.7. The van der Waals surface area contributed by atoms with Crippen molar-refractivity contribution in [2.24, 2.45) is 0 Å². The Bertz CT molecular complexity index is 8390. The van der Waals surface area contributed by atoms with Crippen molar-refractivity contribution in [1.82, 2.24) is 38.2 Å². The summed E-state index contributed by atoms with van der Waals surface area (Å²) in [7, 11) is 0. The van der Waals surface area contributed by atoms with Gasteiger partial charge < -0.3 is 18.3 Å². The van der Waals surface area contributed by atoms with Crippen LogP contribution in [0.4, 0.5) is 0 Å². The first kappa shape index (κ1) is 65.1. The van der Waals surface area contributed by atoms with Crippen molar-refractivity contribution in [3.05, 3.63) is 400 Å². The van der Waals surface area contributed by atoms with Gasteiger partial charge in [0.1, 0.15) is 0 Å². The summed E-state index contributed by atoms with van der Waals surface area (Å²) in [5.74, 6) is 1.42. The van der Waals surface area contributed by atoms with Gasteiger partial charge in [-0.1, -0.05) is 261 Å². The summed E-state index contributed by atoms with van der Waals surface area (Å²) in [5, 5.41) is 24.3. The Balaban J connectivity index is 0.000000134. The van der Waals surface area contributed by atoms with Crippen LogP contribution in [0.25, 0.3) is 231 Å². The van der Waals surface area contributed by atoms with Crippen LogP contribution < -0.4 is 0 Å². The SMILES string of the molecule is c1ccc(-c2nc(-c3ccc(-n4c5cc6ccccc6cc5c5c(-n6c7ccccc7c7c8ccccc8ccc76)cccc54)cc3)nc3ccccc23)cc1.c1ccc2cc(-c3nc(-c4ccc(-n5c6cc7ccccc7cc6c6c(-n7c8ccccc8c8c9ccccc9ccc87)cccc65)cc4)nc4ccccc34)ccc2c1. The van der Waals surface area contributed by atoms with Crippen LogP contribution in [0.2, 0.25) is 0 Å². The van der Waals surface area contributed by atoms with E-state index in [1.54, 1.807) is 0 Å². The molecule has 0 atom stereocenters. The first-order chi connectivity index (χ1) is 57.5. The number of hydrogen-bond acceptors (Lipinski definition) is 4. The second-order valence-corrected chi connectivity index (χ2v) is 30.4. The second-order valence-electron chi connectivity index (χ2n) is 30.4. The molecule has 0 N–H and O–H groups in total. The molecule has 8 heteroatoms. The van der Waals surface area contributed by atoms with E-state index < -0.39 is 0 Å². The topological polar surface area (TPSA) is 71.3 Å². The number of benzene rings is 19. The maximum absolute atomic E-state index is 5.26. The molecule has 0 saturated heterocycles. The molecule has 6 heterocycles. The van der Waals surface area contributed by atoms with Crippen LogP contribution in [0.15, 0.2) is 400 Å². The van der Waals surface area contributed by atoms with Crippen LogP contribution in [0, 0.1) is 0 Å². The van der Waals surface area contributed by atoms with Crippen molar-refractivity contribution in [2.45, 2.75) is 0 Å². The standard InChI is InChI=1S/C56H34N4.C52H32N4/c1-2-14-38-32-41(25-24-35(38)12-1)55-44-18-7-9-20-47(44)57-56(58-55)37-26-29-42(30-27-37)59-49-22-11-23-50(54(49)46-33-39-15-3-4-16-40(39)34-52(46)59)60-48-21-10-8-19-45(48)53-43-17-6-5-13-36(43)28-31-51(53)60;1-2-14-34(15-3-1)51-40-19-8-10-21-43(40)53-52(54-51)35-25-28-38(29-26-35)55-45-23-12-24-46(50(45)42-31-36-16-4-5-17-37(36)32-48(42)55)56-44-22-11-9-20-41(44)49-39-18-7-6-13-33(39)27-30-47(49)56/h1-34H;1-32H. The van der Waals surface area contributed by atoms with Gasteiger partial charge >= 0.3 is 0 Å². The molecule has 25 rings (SSSR count). The third-order valence-electron chi connectivity index (χ3n) is 23.9. The van der Waals surface area contributed by atoms with Gasteiger partial charge in [0.2, 0.25) is 0 Å². The molecule has 0 saturated carbocycles. The van der Waals surface area contributed by atoms with Gasteiger partial charge in [-0.25, -0.2) is 19.9 Å². The molecule has 0 aliphatic carbocycles. The predicted molar refractivity (Wildman–Crippen MR) is 486 cm³/mol. The van der Waals surface area contributed by atoms with Crippen LogP contribution in [0.5, 0.6) is 0 Å². The molecule has 0 unspecified atom stereocenters. The molecule has 0 bridgehead atoms. The Labute approximate surface area is 665 Å². The predicted octanol–water partition coefficient (Wildman–Crippen LogP) is 28.1. The molecular weight excluding hydrogens is 1410 g/mol. The quantitative estimate of drug-likeness (QED) is 0.152. The molecule has 0 aliphatic rings. The van der Waals surface area contributed by atoms with E-state index in [4.69, 9.17) is 19.9 Å². The molecule has 8 nitrogen and oxygen atoms in total. The number of hydrogen-bond donors (Lipinski definition) is 0. The van der Waals surface area contributed by atoms with Crippen molar-refractivity contribution in [3.8, 4) is 68.0 Å². The number of rotatable bonds is 8. The van der Waals surface area contributed by atoms with Gasteiger partial charge in [0, 0.05) is 87.5 Å². The van der Waals surface area contributed by atoms with Crippen molar-refractivity contribution in [2.75, 3.05) is 0 Å². The lowest BCUT2D eigenvalue weighted by Crippen LogP contribution is -1.98. The minimum atomic E-state index is 0.706. The third-order valence-corrected chi connectivity index (χ3v) is 23.9. The average molecular weight is 1480 g/mol.